The molecule has 1 fully saturated rings. The summed E-state index contributed by atoms with van der Waals surface area (Å²) in [7, 11) is 2.06. The normalized spacial score (nSPS) is 18.8. The number of aromatic nitrogens is 2. The third-order valence-electron chi connectivity index (χ3n) is 5.03. The van der Waals surface area contributed by atoms with Crippen LogP contribution in [0.15, 0.2) is 34.3 Å². The van der Waals surface area contributed by atoms with Gasteiger partial charge in [-0.1, -0.05) is 29.4 Å². The average molecular weight is 421 g/mol. The molecule has 0 radical (unpaired) electrons. The Morgan fingerprint density at radius 2 is 1.82 bits per heavy atom. The first kappa shape index (κ1) is 21.0. The molecule has 8 heteroatoms. The number of anilines is 3. The van der Waals surface area contributed by atoms with E-state index in [4.69, 9.17) is 23.1 Å². The first-order chi connectivity index (χ1) is 13.0. The summed E-state index contributed by atoms with van der Waals surface area (Å²) in [5.41, 5.74) is 12.7. The van der Waals surface area contributed by atoms with Gasteiger partial charge in [0.2, 0.25) is 0 Å². The maximum Gasteiger partial charge on any atom is 0.158 e. The Hall–Kier alpha value is -1.70. The zero-order chi connectivity index (χ0) is 20.7. The van der Waals surface area contributed by atoms with Crippen LogP contribution >= 0.6 is 23.4 Å². The van der Waals surface area contributed by atoms with Crippen LogP contribution in [-0.4, -0.2) is 34.1 Å². The molecule has 0 unspecified atom stereocenters. The Labute approximate surface area is 176 Å². The molecule has 6 nitrogen and oxygen atoms in total. The van der Waals surface area contributed by atoms with Gasteiger partial charge in [0.15, 0.2) is 5.82 Å². The van der Waals surface area contributed by atoms with Gasteiger partial charge in [0.1, 0.15) is 10.8 Å². The minimum atomic E-state index is 0.0550. The maximum absolute atomic E-state index is 6.28. The molecule has 152 valence electrons. The molecule has 0 saturated carbocycles. The van der Waals surface area contributed by atoms with Gasteiger partial charge in [0.05, 0.1) is 16.9 Å². The number of nitrogen functional groups attached to an aromatic ring is 2. The molecule has 0 spiro atoms. The molecule has 5 N–H and O–H groups in total. The lowest BCUT2D eigenvalue weighted by Gasteiger charge is -2.49. The van der Waals surface area contributed by atoms with Crippen molar-refractivity contribution in [2.45, 2.75) is 67.6 Å². The van der Waals surface area contributed by atoms with Gasteiger partial charge in [-0.25, -0.2) is 9.97 Å². The van der Waals surface area contributed by atoms with Crippen LogP contribution in [0.4, 0.5) is 17.3 Å². The summed E-state index contributed by atoms with van der Waals surface area (Å²) in [6.07, 6.45) is 3.81. The van der Waals surface area contributed by atoms with E-state index in [1.54, 1.807) is 12.3 Å². The number of piperidine rings is 1. The van der Waals surface area contributed by atoms with Crippen molar-refractivity contribution in [1.29, 1.82) is 0 Å². The highest BCUT2D eigenvalue weighted by atomic mass is 35.5. The average Bonchev–Trinajstić information content (AvgIpc) is 2.57. The molecular formula is C20H29ClN6S. The molecule has 28 heavy (non-hydrogen) atoms. The van der Waals surface area contributed by atoms with E-state index in [0.29, 0.717) is 27.6 Å². The number of nitrogens with zero attached hydrogens (tertiary/aromatic N) is 3. The number of nitrogens with one attached hydrogen (secondary N) is 1. The molecule has 0 amide bonds. The van der Waals surface area contributed by atoms with E-state index < -0.39 is 0 Å². The van der Waals surface area contributed by atoms with Gasteiger partial charge in [0, 0.05) is 29.1 Å². The Bertz CT molecular complexity index is 854. The van der Waals surface area contributed by atoms with Crippen molar-refractivity contribution in [3.05, 3.63) is 29.4 Å². The van der Waals surface area contributed by atoms with Gasteiger partial charge in [0.25, 0.3) is 0 Å². The fraction of sp³-hybridized carbons (Fsp3) is 0.500. The van der Waals surface area contributed by atoms with Crippen LogP contribution in [-0.2, 0) is 0 Å². The number of hydrogen-bond donors (Lipinski definition) is 3. The van der Waals surface area contributed by atoms with Gasteiger partial charge >= 0.3 is 0 Å². The maximum atomic E-state index is 6.28. The van der Waals surface area contributed by atoms with Crippen molar-refractivity contribution in [3.63, 3.8) is 0 Å². The van der Waals surface area contributed by atoms with E-state index in [-0.39, 0.29) is 11.1 Å². The third kappa shape index (κ3) is 4.64. The Kier molecular flexibility index (Phi) is 5.71. The Morgan fingerprint density at radius 1 is 1.18 bits per heavy atom. The van der Waals surface area contributed by atoms with Gasteiger partial charge in [-0.2, -0.15) is 0 Å². The minimum Gasteiger partial charge on any atom is -0.397 e. The Morgan fingerprint density at radius 3 is 2.43 bits per heavy atom. The molecule has 3 rings (SSSR count). The van der Waals surface area contributed by atoms with Gasteiger partial charge in [-0.05, 0) is 52.7 Å². The predicted molar refractivity (Wildman–Crippen MR) is 119 cm³/mol. The van der Waals surface area contributed by atoms with Gasteiger partial charge in [-0.3, -0.25) is 0 Å². The van der Waals surface area contributed by atoms with E-state index in [2.05, 4.69) is 54.9 Å². The summed E-state index contributed by atoms with van der Waals surface area (Å²) < 4.78 is 0. The van der Waals surface area contributed by atoms with Crippen molar-refractivity contribution in [3.8, 4) is 0 Å². The lowest BCUT2D eigenvalue weighted by molar-refractivity contribution is 0.160. The van der Waals surface area contributed by atoms with Crippen LogP contribution in [0, 0.1) is 0 Å². The molecule has 0 aliphatic carbocycles. The lowest BCUT2D eigenvalue weighted by Crippen LogP contribution is -2.62. The summed E-state index contributed by atoms with van der Waals surface area (Å²) >= 11 is 7.65. The van der Waals surface area contributed by atoms with E-state index in [0.717, 1.165) is 23.6 Å². The molecule has 0 bridgehead atoms. The highest BCUT2D eigenvalue weighted by molar-refractivity contribution is 7.99. The molecule has 2 heterocycles. The number of hydrogen-bond acceptors (Lipinski definition) is 7. The van der Waals surface area contributed by atoms with E-state index in [9.17, 15) is 0 Å². The molecular weight excluding hydrogens is 392 g/mol. The van der Waals surface area contributed by atoms with Crippen LogP contribution in [0.2, 0.25) is 5.02 Å². The highest BCUT2D eigenvalue weighted by Crippen LogP contribution is 2.38. The predicted octanol–water partition coefficient (Wildman–Crippen LogP) is 4.19. The molecule has 1 aromatic carbocycles. The smallest absolute Gasteiger partial charge is 0.158 e. The second-order valence-electron chi connectivity index (χ2n) is 8.75. The second-order valence-corrected chi connectivity index (χ2v) is 10.2. The fourth-order valence-corrected chi connectivity index (χ4v) is 5.13. The molecule has 2 aromatic rings. The van der Waals surface area contributed by atoms with Crippen molar-refractivity contribution in [2.75, 3.05) is 23.4 Å². The van der Waals surface area contributed by atoms with Crippen molar-refractivity contribution >= 4 is 40.7 Å². The summed E-state index contributed by atoms with van der Waals surface area (Å²) in [4.78, 5) is 12.2. The van der Waals surface area contributed by atoms with Crippen LogP contribution < -0.4 is 21.7 Å². The largest absolute Gasteiger partial charge is 0.397 e. The molecule has 1 aliphatic rings. The first-order valence-electron chi connectivity index (χ1n) is 9.34. The van der Waals surface area contributed by atoms with Crippen LogP contribution in [0.1, 0.15) is 40.5 Å². The van der Waals surface area contributed by atoms with Gasteiger partial charge < -0.3 is 21.7 Å². The van der Waals surface area contributed by atoms with Crippen LogP contribution in [0.3, 0.4) is 0 Å². The number of benzene rings is 1. The fourth-order valence-electron chi connectivity index (χ4n) is 4.07. The molecule has 1 saturated heterocycles. The first-order valence-corrected chi connectivity index (χ1v) is 10.5. The number of halogens is 1. The summed E-state index contributed by atoms with van der Waals surface area (Å²) in [6, 6.07) is 5.86. The summed E-state index contributed by atoms with van der Waals surface area (Å²) in [5.74, 6) is 1.17. The zero-order valence-corrected chi connectivity index (χ0v) is 18.7. The molecule has 1 aliphatic heterocycles. The van der Waals surface area contributed by atoms with Crippen LogP contribution in [0.25, 0.3) is 0 Å². The van der Waals surface area contributed by atoms with E-state index in [1.807, 2.05) is 12.1 Å². The zero-order valence-electron chi connectivity index (χ0n) is 17.1. The van der Waals surface area contributed by atoms with E-state index in [1.165, 1.54) is 11.8 Å². The lowest BCUT2D eigenvalue weighted by atomic mass is 9.79. The number of nitrogens with two attached hydrogens (primary N) is 2. The highest BCUT2D eigenvalue weighted by Gasteiger charge is 2.39. The SMILES string of the molecule is CN(c1cnc(Sc2cccc(N)c2Cl)c(N)n1)C1CC(C)(C)NC(C)(C)C1. The van der Waals surface area contributed by atoms with Gasteiger partial charge in [-0.15, -0.1) is 0 Å². The summed E-state index contributed by atoms with van der Waals surface area (Å²) in [6.45, 7) is 8.96. The number of rotatable bonds is 4. The van der Waals surface area contributed by atoms with Crippen molar-refractivity contribution in [1.82, 2.24) is 15.3 Å². The monoisotopic (exact) mass is 420 g/mol. The molecule has 1 aromatic heterocycles. The second kappa shape index (κ2) is 7.61. The Balaban J connectivity index is 1.81. The standard InChI is InChI=1S/C20H29ClN6S/c1-19(2)9-12(10-20(3,4)26-19)27(5)15-11-24-18(17(23)25-15)28-14-8-6-7-13(22)16(14)21/h6-8,11-12,26H,9-10,22H2,1-5H3,(H2,23,25). The third-order valence-corrected chi connectivity index (χ3v) is 6.63. The van der Waals surface area contributed by atoms with E-state index >= 15 is 0 Å². The van der Waals surface area contributed by atoms with Crippen molar-refractivity contribution < 1.29 is 0 Å². The quantitative estimate of drug-likeness (QED) is 0.638. The van der Waals surface area contributed by atoms with Crippen LogP contribution in [0.5, 0.6) is 0 Å². The topological polar surface area (TPSA) is 93.1 Å². The summed E-state index contributed by atoms with van der Waals surface area (Å²) in [5, 5.41) is 4.84. The van der Waals surface area contributed by atoms with Crippen molar-refractivity contribution in [2.24, 2.45) is 0 Å². The molecule has 0 atom stereocenters. The minimum absolute atomic E-state index is 0.0550.